The highest BCUT2D eigenvalue weighted by Crippen LogP contribution is 1.92. The minimum Gasteiger partial charge on any atom is -0.353 e. The fourth-order valence-electron chi connectivity index (χ4n) is 1.49. The van der Waals surface area contributed by atoms with Crippen molar-refractivity contribution in [2.75, 3.05) is 25.1 Å². The van der Waals surface area contributed by atoms with Gasteiger partial charge in [-0.1, -0.05) is 0 Å². The van der Waals surface area contributed by atoms with E-state index in [0.29, 0.717) is 12.3 Å². The third-order valence-corrected chi connectivity index (χ3v) is 3.17. The Balaban J connectivity index is 2.34. The van der Waals surface area contributed by atoms with E-state index in [0.717, 1.165) is 0 Å². The van der Waals surface area contributed by atoms with E-state index in [1.54, 1.807) is 13.2 Å². The normalized spacial score (nSPS) is 24.4. The summed E-state index contributed by atoms with van der Waals surface area (Å²) in [6.07, 6.45) is 1.60. The highest BCUT2D eigenvalue weighted by molar-refractivity contribution is 7.84. The summed E-state index contributed by atoms with van der Waals surface area (Å²) in [7, 11) is -0.928. The Kier molecular flexibility index (Phi) is 4.88. The molecular formula is C9H17N3O3S. The van der Waals surface area contributed by atoms with Gasteiger partial charge in [0.1, 0.15) is 6.04 Å². The van der Waals surface area contributed by atoms with E-state index in [4.69, 9.17) is 0 Å². The summed E-state index contributed by atoms with van der Waals surface area (Å²) in [5, 5.41) is 8.18. The van der Waals surface area contributed by atoms with E-state index < -0.39 is 16.8 Å². The van der Waals surface area contributed by atoms with Gasteiger partial charge in [0, 0.05) is 35.4 Å². The number of nitrogens with one attached hydrogen (secondary N) is 3. The van der Waals surface area contributed by atoms with Crippen LogP contribution in [0.5, 0.6) is 0 Å². The third-order valence-electron chi connectivity index (χ3n) is 2.20. The number of carbonyl (C=O) groups is 2. The Morgan fingerprint density at radius 2 is 2.38 bits per heavy atom. The lowest BCUT2D eigenvalue weighted by molar-refractivity contribution is -0.126. The molecule has 1 saturated heterocycles. The second-order valence-electron chi connectivity index (χ2n) is 3.89. The van der Waals surface area contributed by atoms with Crippen molar-refractivity contribution < 1.29 is 13.8 Å². The summed E-state index contributed by atoms with van der Waals surface area (Å²) >= 11 is 0. The van der Waals surface area contributed by atoms with Gasteiger partial charge in [0.25, 0.3) is 0 Å². The molecule has 0 aromatic heterocycles. The molecule has 2 amide bonds. The summed E-state index contributed by atoms with van der Waals surface area (Å²) in [6, 6.07) is -0.525. The maximum atomic E-state index is 11.7. The molecule has 0 aromatic carbocycles. The van der Waals surface area contributed by atoms with Crippen LogP contribution in [-0.4, -0.2) is 53.2 Å². The topological polar surface area (TPSA) is 87.3 Å². The number of rotatable bonds is 4. The Morgan fingerprint density at radius 3 is 2.88 bits per heavy atom. The Morgan fingerprint density at radius 1 is 1.69 bits per heavy atom. The summed E-state index contributed by atoms with van der Waals surface area (Å²) < 4.78 is 10.9. The van der Waals surface area contributed by atoms with Crippen LogP contribution in [0.25, 0.3) is 0 Å². The fourth-order valence-corrected chi connectivity index (χ4v) is 2.28. The van der Waals surface area contributed by atoms with Crippen LogP contribution < -0.4 is 16.0 Å². The molecule has 1 rings (SSSR count). The van der Waals surface area contributed by atoms with Gasteiger partial charge in [-0.15, -0.1) is 0 Å². The van der Waals surface area contributed by atoms with E-state index in [1.807, 2.05) is 0 Å². The van der Waals surface area contributed by atoms with E-state index in [9.17, 15) is 13.8 Å². The minimum absolute atomic E-state index is 0.105. The summed E-state index contributed by atoms with van der Waals surface area (Å²) in [5.74, 6) is 0.162. The van der Waals surface area contributed by atoms with Gasteiger partial charge < -0.3 is 10.6 Å². The standard InChI is InChI=1S/C9H17N3O3S/c1-6(5-16(2)15)12-9(14)7-3-11-8(13)4-10-7/h6-7,10H,3-5H2,1-2H3,(H,11,13)(H,12,14). The summed E-state index contributed by atoms with van der Waals surface area (Å²) in [4.78, 5) is 22.5. The average Bonchev–Trinajstić information content (AvgIpc) is 2.16. The molecule has 0 radical (unpaired) electrons. The first-order valence-electron chi connectivity index (χ1n) is 5.09. The Labute approximate surface area is 97.0 Å². The number of piperazine rings is 1. The van der Waals surface area contributed by atoms with E-state index in [1.165, 1.54) is 0 Å². The predicted molar refractivity (Wildman–Crippen MR) is 61.3 cm³/mol. The lowest BCUT2D eigenvalue weighted by Gasteiger charge is -2.24. The van der Waals surface area contributed by atoms with Crippen LogP contribution in [-0.2, 0) is 20.4 Å². The molecule has 1 aliphatic rings. The molecular weight excluding hydrogens is 230 g/mol. The minimum atomic E-state index is -0.928. The van der Waals surface area contributed by atoms with Crippen molar-refractivity contribution in [2.45, 2.75) is 19.0 Å². The molecule has 3 N–H and O–H groups in total. The maximum Gasteiger partial charge on any atom is 0.239 e. The maximum absolute atomic E-state index is 11.7. The number of carbonyl (C=O) groups excluding carboxylic acids is 2. The fraction of sp³-hybridized carbons (Fsp3) is 0.778. The van der Waals surface area contributed by atoms with Crippen LogP contribution in [0.3, 0.4) is 0 Å². The van der Waals surface area contributed by atoms with Crippen LogP contribution in [0.1, 0.15) is 6.92 Å². The van der Waals surface area contributed by atoms with Gasteiger partial charge in [-0.05, 0) is 6.92 Å². The molecule has 0 aromatic rings. The quantitative estimate of drug-likeness (QED) is 0.534. The van der Waals surface area contributed by atoms with Crippen molar-refractivity contribution >= 4 is 22.6 Å². The zero-order chi connectivity index (χ0) is 12.1. The number of hydrogen-bond donors (Lipinski definition) is 3. The van der Waals surface area contributed by atoms with E-state index in [2.05, 4.69) is 16.0 Å². The highest BCUT2D eigenvalue weighted by atomic mass is 32.2. The van der Waals surface area contributed by atoms with E-state index in [-0.39, 0.29) is 24.4 Å². The lowest BCUT2D eigenvalue weighted by Crippen LogP contribution is -2.59. The zero-order valence-corrected chi connectivity index (χ0v) is 10.2. The molecule has 7 heteroatoms. The van der Waals surface area contributed by atoms with Gasteiger partial charge in [-0.25, -0.2) is 0 Å². The van der Waals surface area contributed by atoms with Gasteiger partial charge in [0.2, 0.25) is 11.8 Å². The third kappa shape index (κ3) is 4.28. The van der Waals surface area contributed by atoms with Crippen LogP contribution in [0, 0.1) is 0 Å². The molecule has 1 heterocycles. The molecule has 0 spiro atoms. The molecule has 3 unspecified atom stereocenters. The molecule has 1 aliphatic heterocycles. The molecule has 0 aliphatic carbocycles. The molecule has 1 fully saturated rings. The second kappa shape index (κ2) is 5.95. The highest BCUT2D eigenvalue weighted by Gasteiger charge is 2.24. The first-order valence-corrected chi connectivity index (χ1v) is 6.82. The second-order valence-corrected chi connectivity index (χ2v) is 5.37. The van der Waals surface area contributed by atoms with Crippen LogP contribution in [0.4, 0.5) is 0 Å². The van der Waals surface area contributed by atoms with Crippen molar-refractivity contribution in [3.05, 3.63) is 0 Å². The van der Waals surface area contributed by atoms with Gasteiger partial charge in [-0.3, -0.25) is 19.1 Å². The number of amides is 2. The zero-order valence-electron chi connectivity index (χ0n) is 9.41. The largest absolute Gasteiger partial charge is 0.353 e. The molecule has 92 valence electrons. The van der Waals surface area contributed by atoms with Gasteiger partial charge >= 0.3 is 0 Å². The van der Waals surface area contributed by atoms with Crippen LogP contribution in [0.2, 0.25) is 0 Å². The summed E-state index contributed by atoms with van der Waals surface area (Å²) in [5.41, 5.74) is 0. The molecule has 0 saturated carbocycles. The molecule has 16 heavy (non-hydrogen) atoms. The van der Waals surface area contributed by atoms with Crippen molar-refractivity contribution in [1.82, 2.24) is 16.0 Å². The van der Waals surface area contributed by atoms with Crippen molar-refractivity contribution in [3.63, 3.8) is 0 Å². The lowest BCUT2D eigenvalue weighted by atomic mass is 10.2. The summed E-state index contributed by atoms with van der Waals surface area (Å²) in [6.45, 7) is 2.26. The van der Waals surface area contributed by atoms with Gasteiger partial charge in [0.05, 0.1) is 6.54 Å². The van der Waals surface area contributed by atoms with E-state index >= 15 is 0 Å². The molecule has 3 atom stereocenters. The van der Waals surface area contributed by atoms with Gasteiger partial charge in [0.15, 0.2) is 0 Å². The van der Waals surface area contributed by atoms with Crippen molar-refractivity contribution in [3.8, 4) is 0 Å². The van der Waals surface area contributed by atoms with Crippen LogP contribution >= 0.6 is 0 Å². The van der Waals surface area contributed by atoms with Crippen molar-refractivity contribution in [2.24, 2.45) is 0 Å². The number of hydrogen-bond acceptors (Lipinski definition) is 4. The smallest absolute Gasteiger partial charge is 0.239 e. The van der Waals surface area contributed by atoms with Gasteiger partial charge in [-0.2, -0.15) is 0 Å². The molecule has 0 bridgehead atoms. The predicted octanol–water partition coefficient (Wildman–Crippen LogP) is -2.04. The Hall–Kier alpha value is -0.950. The average molecular weight is 247 g/mol. The monoisotopic (exact) mass is 247 g/mol. The van der Waals surface area contributed by atoms with Crippen LogP contribution in [0.15, 0.2) is 0 Å². The van der Waals surface area contributed by atoms with Crippen molar-refractivity contribution in [1.29, 1.82) is 0 Å². The first kappa shape index (κ1) is 13.1. The Bertz CT molecular complexity index is 298. The SMILES string of the molecule is CC(CS(C)=O)NC(=O)C1CNC(=O)CN1. The molecule has 6 nitrogen and oxygen atoms in total. The first-order chi connectivity index (χ1) is 7.49.